The molecule has 0 fully saturated rings. The van der Waals surface area contributed by atoms with Gasteiger partial charge < -0.3 is 10.6 Å². The molecule has 2 rings (SSSR count). The molecule has 0 saturated carbocycles. The third kappa shape index (κ3) is 8.35. The first-order chi connectivity index (χ1) is 13.4. The first-order valence-corrected chi connectivity index (χ1v) is 11.2. The van der Waals surface area contributed by atoms with Crippen molar-refractivity contribution in [2.75, 3.05) is 23.4 Å². The average molecular weight is 421 g/mol. The predicted octanol–water partition coefficient (Wildman–Crippen LogP) is 4.24. The van der Waals surface area contributed by atoms with Gasteiger partial charge in [-0.1, -0.05) is 29.8 Å². The number of rotatable bonds is 10. The van der Waals surface area contributed by atoms with Crippen LogP contribution in [0.1, 0.15) is 18.1 Å². The largest absolute Gasteiger partial charge is 0.354 e. The van der Waals surface area contributed by atoms with Crippen LogP contribution in [0.2, 0.25) is 0 Å². The lowest BCUT2D eigenvalue weighted by atomic mass is 10.2. The van der Waals surface area contributed by atoms with Crippen molar-refractivity contribution in [1.29, 1.82) is 0 Å². The van der Waals surface area contributed by atoms with Gasteiger partial charge in [0.1, 0.15) is 5.82 Å². The maximum atomic E-state index is 12.9. The summed E-state index contributed by atoms with van der Waals surface area (Å²) in [6.45, 7) is 4.45. The van der Waals surface area contributed by atoms with Crippen LogP contribution in [0, 0.1) is 12.7 Å². The highest BCUT2D eigenvalue weighted by Gasteiger charge is 2.14. The monoisotopic (exact) mass is 420 g/mol. The number of thioether (sulfide) groups is 2. The minimum Gasteiger partial charge on any atom is -0.354 e. The van der Waals surface area contributed by atoms with Crippen molar-refractivity contribution in [3.63, 3.8) is 0 Å². The molecule has 2 aromatic carbocycles. The van der Waals surface area contributed by atoms with E-state index in [1.165, 1.54) is 47.2 Å². The fraction of sp³-hybridized carbons (Fsp3) is 0.333. The second-order valence-corrected chi connectivity index (χ2v) is 8.77. The van der Waals surface area contributed by atoms with Gasteiger partial charge in [-0.25, -0.2) is 4.39 Å². The van der Waals surface area contributed by atoms with Crippen molar-refractivity contribution in [2.45, 2.75) is 24.9 Å². The highest BCUT2D eigenvalue weighted by atomic mass is 32.2. The first kappa shape index (κ1) is 22.3. The SMILES string of the molecule is Cc1ccc(CSCCNC(=O)C(C)SCC(=O)Nc2ccc(F)cc2)cc1. The van der Waals surface area contributed by atoms with Crippen LogP contribution in [0.4, 0.5) is 10.1 Å². The van der Waals surface area contributed by atoms with E-state index in [0.29, 0.717) is 12.2 Å². The molecule has 2 N–H and O–H groups in total. The quantitative estimate of drug-likeness (QED) is 0.565. The number of amides is 2. The molecule has 2 aromatic rings. The zero-order valence-corrected chi connectivity index (χ0v) is 17.7. The Hall–Kier alpha value is -1.99. The van der Waals surface area contributed by atoms with Crippen molar-refractivity contribution in [2.24, 2.45) is 0 Å². The van der Waals surface area contributed by atoms with E-state index < -0.39 is 0 Å². The number of carbonyl (C=O) groups excluding carboxylic acids is 2. The molecule has 28 heavy (non-hydrogen) atoms. The van der Waals surface area contributed by atoms with Gasteiger partial charge in [-0.15, -0.1) is 11.8 Å². The molecule has 2 amide bonds. The van der Waals surface area contributed by atoms with Gasteiger partial charge in [-0.3, -0.25) is 9.59 Å². The Balaban J connectivity index is 1.58. The summed E-state index contributed by atoms with van der Waals surface area (Å²) in [6.07, 6.45) is 0. The molecule has 0 spiro atoms. The smallest absolute Gasteiger partial charge is 0.234 e. The third-order valence-electron chi connectivity index (χ3n) is 3.90. The number of hydrogen-bond acceptors (Lipinski definition) is 4. The van der Waals surface area contributed by atoms with Crippen LogP contribution < -0.4 is 10.6 Å². The first-order valence-electron chi connectivity index (χ1n) is 9.02. The topological polar surface area (TPSA) is 58.2 Å². The molecule has 1 atom stereocenters. The number of aryl methyl sites for hydroxylation is 1. The summed E-state index contributed by atoms with van der Waals surface area (Å²) in [7, 11) is 0. The number of anilines is 1. The zero-order chi connectivity index (χ0) is 20.4. The van der Waals surface area contributed by atoms with Crippen molar-refractivity contribution in [1.82, 2.24) is 5.32 Å². The summed E-state index contributed by atoms with van der Waals surface area (Å²) in [5, 5.41) is 5.27. The van der Waals surface area contributed by atoms with Crippen LogP contribution in [0.25, 0.3) is 0 Å². The van der Waals surface area contributed by atoms with Gasteiger partial charge >= 0.3 is 0 Å². The van der Waals surface area contributed by atoms with Crippen LogP contribution >= 0.6 is 23.5 Å². The van der Waals surface area contributed by atoms with E-state index in [-0.39, 0.29) is 28.6 Å². The number of hydrogen-bond donors (Lipinski definition) is 2. The summed E-state index contributed by atoms with van der Waals surface area (Å²) < 4.78 is 12.9. The van der Waals surface area contributed by atoms with Gasteiger partial charge in [0.25, 0.3) is 0 Å². The summed E-state index contributed by atoms with van der Waals surface area (Å²) in [4.78, 5) is 24.0. The van der Waals surface area contributed by atoms with Gasteiger partial charge in [0.2, 0.25) is 11.8 Å². The lowest BCUT2D eigenvalue weighted by Crippen LogP contribution is -2.33. The van der Waals surface area contributed by atoms with Gasteiger partial charge in [0.15, 0.2) is 0 Å². The minimum atomic E-state index is -0.352. The Kier molecular flexibility index (Phi) is 9.37. The molecule has 0 aromatic heterocycles. The molecule has 150 valence electrons. The molecule has 0 aliphatic rings. The Morgan fingerprint density at radius 1 is 1.07 bits per heavy atom. The van der Waals surface area contributed by atoms with E-state index in [9.17, 15) is 14.0 Å². The minimum absolute atomic E-state index is 0.0736. The van der Waals surface area contributed by atoms with E-state index >= 15 is 0 Å². The zero-order valence-electron chi connectivity index (χ0n) is 16.0. The molecule has 7 heteroatoms. The maximum Gasteiger partial charge on any atom is 0.234 e. The Morgan fingerprint density at radius 2 is 1.75 bits per heavy atom. The normalized spacial score (nSPS) is 11.7. The predicted molar refractivity (Wildman–Crippen MR) is 117 cm³/mol. The highest BCUT2D eigenvalue weighted by Crippen LogP contribution is 2.14. The van der Waals surface area contributed by atoms with Crippen LogP contribution in [-0.4, -0.2) is 35.1 Å². The van der Waals surface area contributed by atoms with Gasteiger partial charge in [-0.2, -0.15) is 11.8 Å². The molecule has 0 aliphatic carbocycles. The molecule has 4 nitrogen and oxygen atoms in total. The number of halogens is 1. The highest BCUT2D eigenvalue weighted by molar-refractivity contribution is 8.01. The van der Waals surface area contributed by atoms with E-state index in [4.69, 9.17) is 0 Å². The van der Waals surface area contributed by atoms with E-state index in [1.807, 2.05) is 0 Å². The molecule has 0 radical (unpaired) electrons. The van der Waals surface area contributed by atoms with E-state index in [1.54, 1.807) is 18.7 Å². The van der Waals surface area contributed by atoms with Crippen LogP contribution in [0.5, 0.6) is 0 Å². The number of nitrogens with one attached hydrogen (secondary N) is 2. The fourth-order valence-corrected chi connectivity index (χ4v) is 3.80. The van der Waals surface area contributed by atoms with Crippen molar-refractivity contribution in [3.8, 4) is 0 Å². The van der Waals surface area contributed by atoms with Crippen LogP contribution in [0.15, 0.2) is 48.5 Å². The maximum absolute atomic E-state index is 12.9. The Labute approximate surface area is 174 Å². The lowest BCUT2D eigenvalue weighted by Gasteiger charge is -2.12. The molecule has 0 aliphatic heterocycles. The van der Waals surface area contributed by atoms with Crippen LogP contribution in [-0.2, 0) is 15.3 Å². The van der Waals surface area contributed by atoms with Crippen molar-refractivity contribution < 1.29 is 14.0 Å². The second-order valence-electron chi connectivity index (χ2n) is 6.34. The molecule has 0 saturated heterocycles. The summed E-state index contributed by atoms with van der Waals surface area (Å²) >= 11 is 3.05. The summed E-state index contributed by atoms with van der Waals surface area (Å²) in [5.41, 5.74) is 3.06. The molecular formula is C21H25FN2O2S2. The van der Waals surface area contributed by atoms with Gasteiger partial charge in [0, 0.05) is 23.7 Å². The Bertz CT molecular complexity index is 767. The number of carbonyl (C=O) groups is 2. The molecule has 1 unspecified atom stereocenters. The van der Waals surface area contributed by atoms with E-state index in [2.05, 4.69) is 41.8 Å². The molecule has 0 heterocycles. The molecule has 0 bridgehead atoms. The van der Waals surface area contributed by atoms with Crippen molar-refractivity contribution >= 4 is 41.0 Å². The second kappa shape index (κ2) is 11.8. The third-order valence-corrected chi connectivity index (χ3v) is 6.07. The lowest BCUT2D eigenvalue weighted by molar-refractivity contribution is -0.120. The van der Waals surface area contributed by atoms with Gasteiger partial charge in [0.05, 0.1) is 11.0 Å². The van der Waals surface area contributed by atoms with E-state index in [0.717, 1.165) is 11.5 Å². The fourth-order valence-electron chi connectivity index (χ4n) is 2.27. The average Bonchev–Trinajstić information content (AvgIpc) is 2.69. The number of benzene rings is 2. The summed E-state index contributed by atoms with van der Waals surface area (Å²) in [5.74, 6) is 1.27. The standard InChI is InChI=1S/C21H25FN2O2S2/c1-15-3-5-17(6-4-15)13-27-12-11-23-21(26)16(2)28-14-20(25)24-19-9-7-18(22)8-10-19/h3-10,16H,11-14H2,1-2H3,(H,23,26)(H,24,25). The summed E-state index contributed by atoms with van der Waals surface area (Å²) in [6, 6.07) is 14.0. The van der Waals surface area contributed by atoms with Crippen molar-refractivity contribution in [3.05, 3.63) is 65.5 Å². The van der Waals surface area contributed by atoms with Gasteiger partial charge in [-0.05, 0) is 43.7 Å². The van der Waals surface area contributed by atoms with Crippen LogP contribution in [0.3, 0.4) is 0 Å². The Morgan fingerprint density at radius 3 is 2.43 bits per heavy atom. The molecular weight excluding hydrogens is 395 g/mol.